The summed E-state index contributed by atoms with van der Waals surface area (Å²) in [6, 6.07) is 9.10. The minimum Gasteiger partial charge on any atom is -0.385 e. The van der Waals surface area contributed by atoms with Crippen LogP contribution in [0.4, 0.5) is 5.69 Å². The topological polar surface area (TPSA) is 41.1 Å². The molecule has 0 unspecified atom stereocenters. The van der Waals surface area contributed by atoms with Gasteiger partial charge in [-0.15, -0.1) is 11.3 Å². The lowest BCUT2D eigenvalue weighted by atomic mass is 10.1. The van der Waals surface area contributed by atoms with Gasteiger partial charge in [-0.25, -0.2) is 0 Å². The van der Waals surface area contributed by atoms with Gasteiger partial charge in [0.2, 0.25) is 0 Å². The van der Waals surface area contributed by atoms with Crippen molar-refractivity contribution in [2.75, 3.05) is 18.4 Å². The van der Waals surface area contributed by atoms with Crippen molar-refractivity contribution >= 4 is 46.1 Å². The SMILES string of the molecule is CCNc1ccc(Cl)cc1C(=O)NCCc1ccc(Cl)s1. The van der Waals surface area contributed by atoms with Crippen molar-refractivity contribution in [2.45, 2.75) is 13.3 Å². The first-order chi connectivity index (χ1) is 10.1. The van der Waals surface area contributed by atoms with Gasteiger partial charge in [0.05, 0.1) is 9.90 Å². The molecule has 1 aromatic heterocycles. The highest BCUT2D eigenvalue weighted by Gasteiger charge is 2.11. The number of carbonyl (C=O) groups is 1. The molecule has 1 aromatic carbocycles. The highest BCUT2D eigenvalue weighted by atomic mass is 35.5. The Morgan fingerprint density at radius 3 is 2.71 bits per heavy atom. The second kappa shape index (κ2) is 7.69. The van der Waals surface area contributed by atoms with Gasteiger partial charge in [-0.2, -0.15) is 0 Å². The summed E-state index contributed by atoms with van der Waals surface area (Å²) in [6.07, 6.45) is 0.764. The molecule has 1 heterocycles. The minimum atomic E-state index is -0.129. The average Bonchev–Trinajstić information content (AvgIpc) is 2.86. The summed E-state index contributed by atoms with van der Waals surface area (Å²) >= 11 is 13.4. The third-order valence-corrected chi connectivity index (χ3v) is 4.41. The number of halogens is 2. The van der Waals surface area contributed by atoms with E-state index in [1.54, 1.807) is 12.1 Å². The zero-order chi connectivity index (χ0) is 15.2. The Balaban J connectivity index is 1.97. The van der Waals surface area contributed by atoms with E-state index in [0.717, 1.165) is 27.9 Å². The Bertz CT molecular complexity index is 628. The van der Waals surface area contributed by atoms with Gasteiger partial charge in [-0.3, -0.25) is 4.79 Å². The molecule has 0 atom stereocenters. The van der Waals surface area contributed by atoms with Crippen LogP contribution in [0, 0.1) is 0 Å². The van der Waals surface area contributed by atoms with Gasteiger partial charge < -0.3 is 10.6 Å². The summed E-state index contributed by atoms with van der Waals surface area (Å²) in [7, 11) is 0. The smallest absolute Gasteiger partial charge is 0.253 e. The molecule has 2 N–H and O–H groups in total. The number of rotatable bonds is 6. The molecule has 0 aliphatic carbocycles. The molecule has 21 heavy (non-hydrogen) atoms. The van der Waals surface area contributed by atoms with E-state index in [0.29, 0.717) is 17.1 Å². The normalized spacial score (nSPS) is 10.4. The van der Waals surface area contributed by atoms with Crippen LogP contribution in [-0.4, -0.2) is 19.0 Å². The molecule has 112 valence electrons. The zero-order valence-electron chi connectivity index (χ0n) is 11.6. The maximum Gasteiger partial charge on any atom is 0.253 e. The molecule has 3 nitrogen and oxygen atoms in total. The van der Waals surface area contributed by atoms with Crippen LogP contribution in [0.15, 0.2) is 30.3 Å². The Hall–Kier alpha value is -1.23. The quantitative estimate of drug-likeness (QED) is 0.813. The predicted octanol–water partition coefficient (Wildman–Crippen LogP) is 4.46. The number of anilines is 1. The fraction of sp³-hybridized carbons (Fsp3) is 0.267. The van der Waals surface area contributed by atoms with Gasteiger partial charge >= 0.3 is 0 Å². The lowest BCUT2D eigenvalue weighted by Crippen LogP contribution is -2.26. The number of hydrogen-bond acceptors (Lipinski definition) is 3. The fourth-order valence-electron chi connectivity index (χ4n) is 1.93. The van der Waals surface area contributed by atoms with E-state index in [-0.39, 0.29) is 5.91 Å². The largest absolute Gasteiger partial charge is 0.385 e. The van der Waals surface area contributed by atoms with E-state index in [9.17, 15) is 4.79 Å². The van der Waals surface area contributed by atoms with E-state index >= 15 is 0 Å². The summed E-state index contributed by atoms with van der Waals surface area (Å²) in [4.78, 5) is 13.4. The molecule has 0 saturated heterocycles. The lowest BCUT2D eigenvalue weighted by molar-refractivity contribution is 0.0955. The summed E-state index contributed by atoms with van der Waals surface area (Å²) in [5, 5.41) is 6.62. The van der Waals surface area contributed by atoms with Crippen molar-refractivity contribution in [1.82, 2.24) is 5.32 Å². The van der Waals surface area contributed by atoms with Crippen LogP contribution in [0.3, 0.4) is 0 Å². The fourth-order valence-corrected chi connectivity index (χ4v) is 3.19. The van der Waals surface area contributed by atoms with Gasteiger partial charge in [0.25, 0.3) is 5.91 Å². The summed E-state index contributed by atoms with van der Waals surface area (Å²) < 4.78 is 0.764. The van der Waals surface area contributed by atoms with Crippen molar-refractivity contribution in [3.8, 4) is 0 Å². The molecule has 0 saturated carbocycles. The zero-order valence-corrected chi connectivity index (χ0v) is 13.9. The average molecular weight is 343 g/mol. The van der Waals surface area contributed by atoms with Crippen molar-refractivity contribution in [3.05, 3.63) is 50.1 Å². The molecule has 0 bridgehead atoms. The standard InChI is InChI=1S/C15H16Cl2N2OS/c1-2-18-13-5-3-10(16)9-12(13)15(20)19-8-7-11-4-6-14(17)21-11/h3-6,9,18H,2,7-8H2,1H3,(H,19,20). The summed E-state index contributed by atoms with van der Waals surface area (Å²) in [6.45, 7) is 3.29. The third kappa shape index (κ3) is 4.63. The molecule has 0 fully saturated rings. The highest BCUT2D eigenvalue weighted by molar-refractivity contribution is 7.16. The lowest BCUT2D eigenvalue weighted by Gasteiger charge is -2.11. The molecular formula is C15H16Cl2N2OS. The predicted molar refractivity (Wildman–Crippen MR) is 91.0 cm³/mol. The molecule has 0 aliphatic rings. The second-order valence-corrected chi connectivity index (χ2v) is 6.67. The Morgan fingerprint density at radius 1 is 1.24 bits per heavy atom. The van der Waals surface area contributed by atoms with Gasteiger partial charge in [-0.05, 0) is 43.7 Å². The monoisotopic (exact) mass is 342 g/mol. The van der Waals surface area contributed by atoms with Gasteiger partial charge in [0.1, 0.15) is 0 Å². The van der Waals surface area contributed by atoms with Crippen molar-refractivity contribution in [3.63, 3.8) is 0 Å². The van der Waals surface area contributed by atoms with Crippen LogP contribution < -0.4 is 10.6 Å². The maximum atomic E-state index is 12.3. The van der Waals surface area contributed by atoms with Crippen LogP contribution in [-0.2, 0) is 6.42 Å². The molecule has 6 heteroatoms. The number of carbonyl (C=O) groups excluding carboxylic acids is 1. The second-order valence-electron chi connectivity index (χ2n) is 4.43. The van der Waals surface area contributed by atoms with Crippen LogP contribution in [0.25, 0.3) is 0 Å². The van der Waals surface area contributed by atoms with E-state index in [1.807, 2.05) is 25.1 Å². The van der Waals surface area contributed by atoms with Crippen LogP contribution >= 0.6 is 34.5 Å². The van der Waals surface area contributed by atoms with Crippen LogP contribution in [0.5, 0.6) is 0 Å². The number of hydrogen-bond donors (Lipinski definition) is 2. The first-order valence-electron chi connectivity index (χ1n) is 6.66. The van der Waals surface area contributed by atoms with E-state index in [2.05, 4.69) is 10.6 Å². The number of benzene rings is 1. The van der Waals surface area contributed by atoms with E-state index in [4.69, 9.17) is 23.2 Å². The molecule has 0 radical (unpaired) electrons. The summed E-state index contributed by atoms with van der Waals surface area (Å²) in [5.74, 6) is -0.129. The van der Waals surface area contributed by atoms with Crippen molar-refractivity contribution in [2.24, 2.45) is 0 Å². The number of thiophene rings is 1. The van der Waals surface area contributed by atoms with Gasteiger partial charge in [-0.1, -0.05) is 23.2 Å². The van der Waals surface area contributed by atoms with Crippen LogP contribution in [0.2, 0.25) is 9.36 Å². The van der Waals surface area contributed by atoms with Crippen LogP contribution in [0.1, 0.15) is 22.2 Å². The molecule has 2 rings (SSSR count). The molecule has 0 spiro atoms. The number of amides is 1. The minimum absolute atomic E-state index is 0.129. The summed E-state index contributed by atoms with van der Waals surface area (Å²) in [5.41, 5.74) is 1.35. The van der Waals surface area contributed by atoms with E-state index < -0.39 is 0 Å². The highest BCUT2D eigenvalue weighted by Crippen LogP contribution is 2.22. The third-order valence-electron chi connectivity index (χ3n) is 2.88. The van der Waals surface area contributed by atoms with E-state index in [1.165, 1.54) is 11.3 Å². The van der Waals surface area contributed by atoms with Crippen molar-refractivity contribution in [1.29, 1.82) is 0 Å². The first kappa shape index (κ1) is 16.1. The van der Waals surface area contributed by atoms with Gasteiger partial charge in [0.15, 0.2) is 0 Å². The number of nitrogens with one attached hydrogen (secondary N) is 2. The van der Waals surface area contributed by atoms with Crippen molar-refractivity contribution < 1.29 is 4.79 Å². The molecule has 0 aliphatic heterocycles. The molecular weight excluding hydrogens is 327 g/mol. The first-order valence-corrected chi connectivity index (χ1v) is 8.23. The molecule has 2 aromatic rings. The maximum absolute atomic E-state index is 12.3. The Labute approximate surface area is 138 Å². The Kier molecular flexibility index (Phi) is 5.91. The van der Waals surface area contributed by atoms with Gasteiger partial charge in [0, 0.05) is 28.7 Å². The molecule has 1 amide bonds. The Morgan fingerprint density at radius 2 is 2.05 bits per heavy atom.